The highest BCUT2D eigenvalue weighted by Crippen LogP contribution is 2.23. The molecule has 0 fully saturated rings. The zero-order chi connectivity index (χ0) is 21.2. The highest BCUT2D eigenvalue weighted by molar-refractivity contribution is 7.78. The van der Waals surface area contributed by atoms with Gasteiger partial charge >= 0.3 is 0 Å². The number of hydrogen-bond donors (Lipinski definition) is 3. The number of benzene rings is 2. The lowest BCUT2D eigenvalue weighted by molar-refractivity contribution is -0.122. The van der Waals surface area contributed by atoms with Crippen LogP contribution in [0.5, 0.6) is 5.75 Å². The molecule has 29 heavy (non-hydrogen) atoms. The third-order valence-electron chi connectivity index (χ3n) is 3.99. The van der Waals surface area contributed by atoms with E-state index in [0.29, 0.717) is 22.5 Å². The van der Waals surface area contributed by atoms with Crippen LogP contribution in [-0.2, 0) is 4.79 Å². The quantitative estimate of drug-likeness (QED) is 0.340. The van der Waals surface area contributed by atoms with Gasteiger partial charge in [-0.05, 0) is 67.3 Å². The third-order valence-corrected chi connectivity index (χ3v) is 4.17. The Kier molecular flexibility index (Phi) is 8.33. The van der Waals surface area contributed by atoms with Crippen molar-refractivity contribution < 1.29 is 14.7 Å². The van der Waals surface area contributed by atoms with Crippen molar-refractivity contribution in [1.82, 2.24) is 10.6 Å². The number of nitrogens with one attached hydrogen (secondary N) is 2. The van der Waals surface area contributed by atoms with Crippen LogP contribution in [-0.4, -0.2) is 40.3 Å². The van der Waals surface area contributed by atoms with Crippen LogP contribution < -0.4 is 10.6 Å². The van der Waals surface area contributed by atoms with Gasteiger partial charge in [0.05, 0.1) is 27.6 Å². The van der Waals surface area contributed by atoms with Gasteiger partial charge in [0.2, 0.25) is 5.91 Å². The Morgan fingerprint density at radius 2 is 1.66 bits per heavy atom. The van der Waals surface area contributed by atoms with Crippen LogP contribution in [0.1, 0.15) is 28.8 Å². The predicted octanol–water partition coefficient (Wildman–Crippen LogP) is 3.51. The number of carbonyl (C=O) groups excluding carboxylic acids is 2. The van der Waals surface area contributed by atoms with Gasteiger partial charge in [-0.25, -0.2) is 0 Å². The van der Waals surface area contributed by atoms with E-state index in [4.69, 9.17) is 0 Å². The van der Waals surface area contributed by atoms with Crippen LogP contribution in [0.25, 0.3) is 0 Å². The van der Waals surface area contributed by atoms with Crippen LogP contribution in [0.2, 0.25) is 0 Å². The summed E-state index contributed by atoms with van der Waals surface area (Å²) in [6.07, 6.45) is 0. The first-order valence-corrected chi connectivity index (χ1v) is 9.42. The van der Waals surface area contributed by atoms with Crippen LogP contribution in [0.3, 0.4) is 0 Å². The first-order valence-electron chi connectivity index (χ1n) is 8.60. The molecule has 9 heteroatoms. The van der Waals surface area contributed by atoms with Crippen molar-refractivity contribution >= 4 is 57.9 Å². The molecule has 0 saturated heterocycles. The molecule has 2 rings (SSSR count). The number of isothiocyanates is 2. The fourth-order valence-corrected chi connectivity index (χ4v) is 2.73. The molecular formula is C20H18N4O3S2. The number of phenolic OH excluding ortho intramolecular Hbond substituents is 1. The van der Waals surface area contributed by atoms with Gasteiger partial charge in [-0.3, -0.25) is 9.59 Å². The van der Waals surface area contributed by atoms with Crippen molar-refractivity contribution in [2.24, 2.45) is 9.98 Å². The topological polar surface area (TPSA) is 103 Å². The van der Waals surface area contributed by atoms with Crippen molar-refractivity contribution in [2.45, 2.75) is 12.8 Å². The number of nitrogens with zero attached hydrogens (tertiary/aromatic N) is 2. The molecule has 0 radical (unpaired) electrons. The molecule has 1 atom stereocenters. The Hall–Kier alpha value is -3.22. The molecule has 3 N–H and O–H groups in total. The number of thiocarbonyl (C=S) groups is 2. The lowest BCUT2D eigenvalue weighted by Crippen LogP contribution is -2.36. The number of phenols is 1. The van der Waals surface area contributed by atoms with Gasteiger partial charge in [0.25, 0.3) is 5.91 Å². The summed E-state index contributed by atoms with van der Waals surface area (Å²) in [5, 5.41) is 19.5. The monoisotopic (exact) mass is 426 g/mol. The minimum Gasteiger partial charge on any atom is -0.508 e. The van der Waals surface area contributed by atoms with E-state index in [2.05, 4.69) is 55.4 Å². The van der Waals surface area contributed by atoms with Gasteiger partial charge in [-0.15, -0.1) is 0 Å². The molecule has 0 bridgehead atoms. The maximum atomic E-state index is 12.4. The Morgan fingerprint density at radius 1 is 1.03 bits per heavy atom. The smallest absolute Gasteiger partial charge is 0.251 e. The molecule has 0 aliphatic carbocycles. The number of aliphatic imine (C=N–C) groups is 2. The van der Waals surface area contributed by atoms with Crippen LogP contribution >= 0.6 is 24.4 Å². The molecule has 0 aliphatic heterocycles. The molecule has 1 unspecified atom stereocenters. The number of amides is 2. The van der Waals surface area contributed by atoms with E-state index >= 15 is 0 Å². The largest absolute Gasteiger partial charge is 0.508 e. The molecule has 0 heterocycles. The Balaban J connectivity index is 1.92. The molecule has 7 nitrogen and oxygen atoms in total. The maximum absolute atomic E-state index is 12.4. The highest BCUT2D eigenvalue weighted by Gasteiger charge is 2.15. The molecule has 0 aromatic heterocycles. The van der Waals surface area contributed by atoms with Gasteiger partial charge in [0, 0.05) is 18.7 Å². The lowest BCUT2D eigenvalue weighted by Gasteiger charge is -2.13. The molecule has 0 aliphatic rings. The second-order valence-electron chi connectivity index (χ2n) is 6.01. The Morgan fingerprint density at radius 3 is 2.24 bits per heavy atom. The van der Waals surface area contributed by atoms with Crippen molar-refractivity contribution in [1.29, 1.82) is 0 Å². The Labute approximate surface area is 178 Å². The van der Waals surface area contributed by atoms with E-state index in [1.807, 2.05) is 0 Å². The van der Waals surface area contributed by atoms with Gasteiger partial charge < -0.3 is 15.7 Å². The number of rotatable bonds is 8. The van der Waals surface area contributed by atoms with Crippen LogP contribution in [0, 0.1) is 0 Å². The van der Waals surface area contributed by atoms with Gasteiger partial charge in [0.1, 0.15) is 5.75 Å². The Bertz CT molecular complexity index is 976. The average molecular weight is 427 g/mol. The summed E-state index contributed by atoms with van der Waals surface area (Å²) in [5.74, 6) is -0.897. The number of aromatic hydroxyl groups is 1. The van der Waals surface area contributed by atoms with E-state index in [9.17, 15) is 14.7 Å². The lowest BCUT2D eigenvalue weighted by atomic mass is 10.0. The molecule has 2 aromatic rings. The van der Waals surface area contributed by atoms with E-state index in [1.54, 1.807) is 49.4 Å². The molecule has 2 aromatic carbocycles. The molecule has 0 saturated carbocycles. The van der Waals surface area contributed by atoms with Gasteiger partial charge in [-0.2, -0.15) is 9.98 Å². The van der Waals surface area contributed by atoms with Gasteiger partial charge in [-0.1, -0.05) is 12.1 Å². The average Bonchev–Trinajstić information content (AvgIpc) is 2.70. The second kappa shape index (κ2) is 10.9. The number of hydrogen-bond acceptors (Lipinski definition) is 7. The SMILES string of the molecule is CC(C(=O)NCCNC(=O)c1cc(N=C=S)cc(N=C=S)c1)c1cccc(O)c1. The van der Waals surface area contributed by atoms with E-state index < -0.39 is 5.92 Å². The summed E-state index contributed by atoms with van der Waals surface area (Å²) in [6, 6.07) is 11.2. The van der Waals surface area contributed by atoms with Crippen molar-refractivity contribution in [3.8, 4) is 5.75 Å². The third kappa shape index (κ3) is 6.71. The fraction of sp³-hybridized carbons (Fsp3) is 0.200. The standard InChI is InChI=1S/C20H18N4O3S2/c1-13(14-3-2-4-18(25)9-14)19(26)21-5-6-22-20(27)15-7-16(23-11-28)10-17(8-15)24-12-29/h2-4,7-10,13,25H,5-6H2,1H3,(H,21,26)(H,22,27). The van der Waals surface area contributed by atoms with Crippen molar-refractivity contribution in [3.63, 3.8) is 0 Å². The molecule has 148 valence electrons. The molecule has 0 spiro atoms. The predicted molar refractivity (Wildman–Crippen MR) is 118 cm³/mol. The zero-order valence-corrected chi connectivity index (χ0v) is 17.1. The fourth-order valence-electron chi connectivity index (χ4n) is 2.52. The maximum Gasteiger partial charge on any atom is 0.251 e. The summed E-state index contributed by atoms with van der Waals surface area (Å²) >= 11 is 9.17. The highest BCUT2D eigenvalue weighted by atomic mass is 32.1. The molecular weight excluding hydrogens is 408 g/mol. The summed E-state index contributed by atoms with van der Waals surface area (Å²) in [5.41, 5.74) is 1.86. The number of carbonyl (C=O) groups is 2. The van der Waals surface area contributed by atoms with Crippen LogP contribution in [0.4, 0.5) is 11.4 Å². The minimum atomic E-state index is -0.433. The first-order chi connectivity index (χ1) is 13.9. The minimum absolute atomic E-state index is 0.104. The summed E-state index contributed by atoms with van der Waals surface area (Å²) in [4.78, 5) is 32.3. The second-order valence-corrected chi connectivity index (χ2v) is 6.37. The van der Waals surface area contributed by atoms with Crippen LogP contribution in [0.15, 0.2) is 52.4 Å². The van der Waals surface area contributed by atoms with E-state index in [-0.39, 0.29) is 30.7 Å². The van der Waals surface area contributed by atoms with Crippen molar-refractivity contribution in [3.05, 3.63) is 53.6 Å². The van der Waals surface area contributed by atoms with E-state index in [1.165, 1.54) is 0 Å². The van der Waals surface area contributed by atoms with Crippen molar-refractivity contribution in [2.75, 3.05) is 13.1 Å². The normalized spacial score (nSPS) is 10.8. The first kappa shape index (κ1) is 22.1. The van der Waals surface area contributed by atoms with E-state index in [0.717, 1.165) is 0 Å². The summed E-state index contributed by atoms with van der Waals surface area (Å²) in [7, 11) is 0. The summed E-state index contributed by atoms with van der Waals surface area (Å²) in [6.45, 7) is 2.21. The molecule has 2 amide bonds. The summed E-state index contributed by atoms with van der Waals surface area (Å²) < 4.78 is 0. The zero-order valence-electron chi connectivity index (χ0n) is 15.5. The van der Waals surface area contributed by atoms with Gasteiger partial charge in [0.15, 0.2) is 0 Å².